The number of halogens is 1. The summed E-state index contributed by atoms with van der Waals surface area (Å²) in [6.07, 6.45) is 1.65. The van der Waals surface area contributed by atoms with Gasteiger partial charge < -0.3 is 10.2 Å². The van der Waals surface area contributed by atoms with Gasteiger partial charge in [-0.1, -0.05) is 24.3 Å². The molecule has 106 valence electrons. The lowest BCUT2D eigenvalue weighted by Gasteiger charge is -2.21. The Labute approximate surface area is 119 Å². The second-order valence-electron chi connectivity index (χ2n) is 4.92. The molecule has 0 aliphatic heterocycles. The maximum atomic E-state index is 14.4. The number of anilines is 1. The lowest BCUT2D eigenvalue weighted by Crippen LogP contribution is -2.21. The van der Waals surface area contributed by atoms with Crippen LogP contribution in [-0.2, 0) is 13.1 Å². The number of nitrogens with one attached hydrogen (secondary N) is 1. The molecular formula is C16H20FN3. The van der Waals surface area contributed by atoms with E-state index in [2.05, 4.69) is 29.4 Å². The first-order chi connectivity index (χ1) is 9.63. The Kier molecular flexibility index (Phi) is 4.69. The van der Waals surface area contributed by atoms with Crippen LogP contribution in [-0.4, -0.2) is 19.1 Å². The molecule has 1 N–H and O–H groups in total. The van der Waals surface area contributed by atoms with Crippen LogP contribution in [0.4, 0.5) is 10.2 Å². The molecule has 0 bridgehead atoms. The van der Waals surface area contributed by atoms with Crippen molar-refractivity contribution in [2.45, 2.75) is 20.0 Å². The van der Waals surface area contributed by atoms with Crippen molar-refractivity contribution in [3.8, 4) is 0 Å². The van der Waals surface area contributed by atoms with Crippen molar-refractivity contribution in [2.75, 3.05) is 19.0 Å². The van der Waals surface area contributed by atoms with Crippen molar-refractivity contribution in [2.24, 2.45) is 0 Å². The molecular weight excluding hydrogens is 253 g/mol. The minimum absolute atomic E-state index is 0.252. The summed E-state index contributed by atoms with van der Waals surface area (Å²) >= 11 is 0. The fourth-order valence-corrected chi connectivity index (χ4v) is 2.18. The van der Waals surface area contributed by atoms with Gasteiger partial charge in [0.1, 0.15) is 0 Å². The van der Waals surface area contributed by atoms with Gasteiger partial charge in [-0.05, 0) is 31.2 Å². The number of hydrogen-bond acceptors (Lipinski definition) is 3. The molecule has 0 amide bonds. The molecule has 1 aromatic heterocycles. The Bertz CT molecular complexity index is 584. The lowest BCUT2D eigenvalue weighted by atomic mass is 10.1. The zero-order chi connectivity index (χ0) is 14.5. The first kappa shape index (κ1) is 14.5. The van der Waals surface area contributed by atoms with Crippen molar-refractivity contribution >= 4 is 5.82 Å². The second-order valence-corrected chi connectivity index (χ2v) is 4.92. The molecule has 20 heavy (non-hydrogen) atoms. The maximum Gasteiger partial charge on any atom is 0.170 e. The number of benzene rings is 1. The smallest absolute Gasteiger partial charge is 0.170 e. The monoisotopic (exact) mass is 273 g/mol. The van der Waals surface area contributed by atoms with Gasteiger partial charge in [0.05, 0.1) is 0 Å². The molecule has 0 unspecified atom stereocenters. The summed E-state index contributed by atoms with van der Waals surface area (Å²) in [6, 6.07) is 9.82. The first-order valence-corrected chi connectivity index (χ1v) is 6.67. The fraction of sp³-hybridized carbons (Fsp3) is 0.312. The maximum absolute atomic E-state index is 14.4. The highest BCUT2D eigenvalue weighted by Crippen LogP contribution is 2.21. The van der Waals surface area contributed by atoms with Crippen LogP contribution >= 0.6 is 0 Å². The van der Waals surface area contributed by atoms with Gasteiger partial charge in [0.2, 0.25) is 0 Å². The van der Waals surface area contributed by atoms with Crippen LogP contribution in [0.5, 0.6) is 0 Å². The molecule has 3 nitrogen and oxygen atoms in total. The number of hydrogen-bond donors (Lipinski definition) is 1. The van der Waals surface area contributed by atoms with Crippen molar-refractivity contribution in [3.63, 3.8) is 0 Å². The van der Waals surface area contributed by atoms with Crippen LogP contribution in [0.3, 0.4) is 0 Å². The van der Waals surface area contributed by atoms with E-state index in [1.165, 1.54) is 11.1 Å². The second kappa shape index (κ2) is 6.48. The molecule has 0 aliphatic rings. The van der Waals surface area contributed by atoms with Gasteiger partial charge in [0.15, 0.2) is 11.6 Å². The number of nitrogens with zero attached hydrogens (tertiary/aromatic N) is 2. The number of pyridine rings is 1. The summed E-state index contributed by atoms with van der Waals surface area (Å²) in [6.45, 7) is 3.20. The van der Waals surface area contributed by atoms with Crippen LogP contribution < -0.4 is 10.2 Å². The third-order valence-corrected chi connectivity index (χ3v) is 3.35. The van der Waals surface area contributed by atoms with Crippen LogP contribution in [0.1, 0.15) is 16.7 Å². The predicted octanol–water partition coefficient (Wildman–Crippen LogP) is 2.88. The highest BCUT2D eigenvalue weighted by molar-refractivity contribution is 5.43. The molecule has 0 fully saturated rings. The van der Waals surface area contributed by atoms with E-state index >= 15 is 0 Å². The van der Waals surface area contributed by atoms with E-state index in [1.54, 1.807) is 19.3 Å². The summed E-state index contributed by atoms with van der Waals surface area (Å²) < 4.78 is 14.4. The SMILES string of the molecule is CNCc1ccnc(N(C)Cc2ccccc2C)c1F. The minimum Gasteiger partial charge on any atom is -0.353 e. The summed E-state index contributed by atoms with van der Waals surface area (Å²) in [5, 5.41) is 2.96. The lowest BCUT2D eigenvalue weighted by molar-refractivity contribution is 0.589. The van der Waals surface area contributed by atoms with E-state index in [1.807, 2.05) is 24.1 Å². The number of aryl methyl sites for hydroxylation is 1. The molecule has 0 spiro atoms. The third kappa shape index (κ3) is 3.14. The molecule has 0 saturated carbocycles. The summed E-state index contributed by atoms with van der Waals surface area (Å²) in [4.78, 5) is 6.01. The Hall–Kier alpha value is -1.94. The summed E-state index contributed by atoms with van der Waals surface area (Å²) in [7, 11) is 3.66. The minimum atomic E-state index is -0.252. The van der Waals surface area contributed by atoms with E-state index in [9.17, 15) is 4.39 Å². The predicted molar refractivity (Wildman–Crippen MR) is 80.2 cm³/mol. The van der Waals surface area contributed by atoms with Gasteiger partial charge in [-0.3, -0.25) is 0 Å². The fourth-order valence-electron chi connectivity index (χ4n) is 2.18. The first-order valence-electron chi connectivity index (χ1n) is 6.67. The van der Waals surface area contributed by atoms with Crippen LogP contribution in [0.25, 0.3) is 0 Å². The Morgan fingerprint density at radius 2 is 1.95 bits per heavy atom. The number of aromatic nitrogens is 1. The van der Waals surface area contributed by atoms with E-state index in [0.29, 0.717) is 24.5 Å². The van der Waals surface area contributed by atoms with Gasteiger partial charge >= 0.3 is 0 Å². The molecule has 1 aromatic carbocycles. The summed E-state index contributed by atoms with van der Waals surface area (Å²) in [5.74, 6) is 0.138. The van der Waals surface area contributed by atoms with Gasteiger partial charge in [-0.2, -0.15) is 0 Å². The van der Waals surface area contributed by atoms with Gasteiger partial charge in [0, 0.05) is 31.9 Å². The highest BCUT2D eigenvalue weighted by Gasteiger charge is 2.13. The average Bonchev–Trinajstić information content (AvgIpc) is 2.44. The highest BCUT2D eigenvalue weighted by atomic mass is 19.1. The Morgan fingerprint density at radius 1 is 1.20 bits per heavy atom. The zero-order valence-corrected chi connectivity index (χ0v) is 12.2. The normalized spacial score (nSPS) is 10.6. The van der Waals surface area contributed by atoms with Gasteiger partial charge in [0.25, 0.3) is 0 Å². The molecule has 4 heteroatoms. The van der Waals surface area contributed by atoms with Crippen LogP contribution in [0, 0.1) is 12.7 Å². The molecule has 0 radical (unpaired) electrons. The molecule has 2 aromatic rings. The Balaban J connectivity index is 2.23. The average molecular weight is 273 g/mol. The van der Waals surface area contributed by atoms with E-state index in [4.69, 9.17) is 0 Å². The quantitative estimate of drug-likeness (QED) is 0.908. The van der Waals surface area contributed by atoms with Crippen molar-refractivity contribution in [1.29, 1.82) is 0 Å². The summed E-state index contributed by atoms with van der Waals surface area (Å²) in [5.41, 5.74) is 3.01. The van der Waals surface area contributed by atoms with Crippen molar-refractivity contribution in [1.82, 2.24) is 10.3 Å². The van der Waals surface area contributed by atoms with Crippen molar-refractivity contribution in [3.05, 3.63) is 59.0 Å². The van der Waals surface area contributed by atoms with Crippen LogP contribution in [0.2, 0.25) is 0 Å². The number of rotatable bonds is 5. The molecule has 1 heterocycles. The molecule has 0 saturated heterocycles. The van der Waals surface area contributed by atoms with E-state index in [0.717, 1.165) is 0 Å². The Morgan fingerprint density at radius 3 is 2.65 bits per heavy atom. The molecule has 0 aliphatic carbocycles. The van der Waals surface area contributed by atoms with Gasteiger partial charge in [-0.25, -0.2) is 9.37 Å². The van der Waals surface area contributed by atoms with Crippen LogP contribution in [0.15, 0.2) is 36.5 Å². The molecule has 2 rings (SSSR count). The van der Waals surface area contributed by atoms with Gasteiger partial charge in [-0.15, -0.1) is 0 Å². The molecule has 0 atom stereocenters. The van der Waals surface area contributed by atoms with Crippen molar-refractivity contribution < 1.29 is 4.39 Å². The standard InChI is InChI=1S/C16H20FN3/c1-12-6-4-5-7-14(12)11-20(3)16-15(17)13(10-18-2)8-9-19-16/h4-9,18H,10-11H2,1-3H3. The zero-order valence-electron chi connectivity index (χ0n) is 12.2. The third-order valence-electron chi connectivity index (χ3n) is 3.35. The largest absolute Gasteiger partial charge is 0.353 e. The topological polar surface area (TPSA) is 28.2 Å². The van der Waals surface area contributed by atoms with E-state index in [-0.39, 0.29) is 5.82 Å². The van der Waals surface area contributed by atoms with E-state index < -0.39 is 0 Å².